The lowest BCUT2D eigenvalue weighted by molar-refractivity contribution is -0.119. The maximum Gasteiger partial charge on any atom is 0.169 e. The normalized spacial score (nSPS) is 10.4. The molecule has 58 valence electrons. The average molecular weight is 150 g/mol. The fourth-order valence-corrected chi connectivity index (χ4v) is 0.595. The minimum Gasteiger partial charge on any atom is -0.303 e. The second-order valence-electron chi connectivity index (χ2n) is 1.86. The lowest BCUT2D eigenvalue weighted by Crippen LogP contribution is -1.99. The van der Waals surface area contributed by atoms with Gasteiger partial charge < -0.3 is 4.79 Å². The van der Waals surface area contributed by atoms with Gasteiger partial charge in [0, 0.05) is 5.57 Å². The van der Waals surface area contributed by atoms with Crippen molar-refractivity contribution < 1.29 is 9.59 Å². The van der Waals surface area contributed by atoms with Gasteiger partial charge in [0.05, 0.1) is 6.42 Å². The molecule has 0 aliphatic rings. The molecule has 0 saturated heterocycles. The number of carbonyl (C=O) groups is 2. The van der Waals surface area contributed by atoms with Crippen molar-refractivity contribution in [3.8, 4) is 0 Å². The van der Waals surface area contributed by atoms with Gasteiger partial charge in [-0.3, -0.25) is 4.79 Å². The van der Waals surface area contributed by atoms with E-state index in [-0.39, 0.29) is 12.2 Å². The van der Waals surface area contributed by atoms with Gasteiger partial charge in [0.25, 0.3) is 0 Å². The Bertz CT molecular complexity index is 212. The van der Waals surface area contributed by atoms with Crippen LogP contribution in [0.2, 0.25) is 0 Å². The van der Waals surface area contributed by atoms with Crippen LogP contribution in [0.4, 0.5) is 0 Å². The van der Waals surface area contributed by atoms with Crippen molar-refractivity contribution in [2.24, 2.45) is 0 Å². The molecule has 0 heterocycles. The Balaban J connectivity index is 4.37. The summed E-state index contributed by atoms with van der Waals surface area (Å²) in [5, 5.41) is 0. The third kappa shape index (κ3) is 3.30. The van der Waals surface area contributed by atoms with Crippen molar-refractivity contribution in [3.63, 3.8) is 0 Å². The molecule has 0 bridgehead atoms. The summed E-state index contributed by atoms with van der Waals surface area (Å²) in [5.74, 6) is -0.227. The summed E-state index contributed by atoms with van der Waals surface area (Å²) in [5.41, 5.74) is 0.423. The van der Waals surface area contributed by atoms with Crippen LogP contribution in [0.15, 0.2) is 37.0 Å². The van der Waals surface area contributed by atoms with Gasteiger partial charge in [-0.05, 0) is 0 Å². The number of rotatable bonds is 5. The zero-order chi connectivity index (χ0) is 8.69. The van der Waals surface area contributed by atoms with Crippen LogP contribution < -0.4 is 0 Å². The number of aldehydes is 1. The summed E-state index contributed by atoms with van der Waals surface area (Å²) >= 11 is 0. The van der Waals surface area contributed by atoms with Gasteiger partial charge in [0.15, 0.2) is 5.78 Å². The Labute approximate surface area is 65.9 Å². The highest BCUT2D eigenvalue weighted by Crippen LogP contribution is 1.99. The van der Waals surface area contributed by atoms with E-state index in [1.807, 2.05) is 0 Å². The van der Waals surface area contributed by atoms with E-state index in [0.717, 1.165) is 0 Å². The quantitative estimate of drug-likeness (QED) is 0.257. The number of allylic oxidation sites excluding steroid dienone is 4. The Hall–Kier alpha value is -1.44. The first-order valence-electron chi connectivity index (χ1n) is 3.18. The Morgan fingerprint density at radius 1 is 1.36 bits per heavy atom. The molecule has 2 nitrogen and oxygen atoms in total. The lowest BCUT2D eigenvalue weighted by Gasteiger charge is -1.93. The summed E-state index contributed by atoms with van der Waals surface area (Å²) in [4.78, 5) is 20.9. The van der Waals surface area contributed by atoms with Gasteiger partial charge in [-0.15, -0.1) is 0 Å². The van der Waals surface area contributed by atoms with Crippen LogP contribution in [-0.4, -0.2) is 12.1 Å². The number of Topliss-reactive ketones (excluding diaryl/α,β-unsaturated/α-hetero) is 1. The summed E-state index contributed by atoms with van der Waals surface area (Å²) < 4.78 is 0. The van der Waals surface area contributed by atoms with E-state index < -0.39 is 0 Å². The zero-order valence-electron chi connectivity index (χ0n) is 6.25. The number of hydrogen-bond acceptors (Lipinski definition) is 2. The average Bonchev–Trinajstić information content (AvgIpc) is 2.00. The van der Waals surface area contributed by atoms with Crippen molar-refractivity contribution >= 4 is 12.1 Å². The third-order valence-electron chi connectivity index (χ3n) is 1.11. The van der Waals surface area contributed by atoms with Crippen molar-refractivity contribution in [2.45, 2.75) is 6.42 Å². The molecule has 0 aliphatic heterocycles. The number of hydrogen-bond donors (Lipinski definition) is 0. The molecule has 0 rings (SSSR count). The van der Waals surface area contributed by atoms with Crippen molar-refractivity contribution in [2.75, 3.05) is 0 Å². The van der Waals surface area contributed by atoms with E-state index in [1.54, 1.807) is 0 Å². The number of carbonyl (C=O) groups excluding carboxylic acids is 2. The van der Waals surface area contributed by atoms with E-state index in [2.05, 4.69) is 13.2 Å². The molecule has 0 atom stereocenters. The number of ketones is 1. The second kappa shape index (κ2) is 5.35. The lowest BCUT2D eigenvalue weighted by atomic mass is 10.1. The van der Waals surface area contributed by atoms with E-state index in [1.165, 1.54) is 18.2 Å². The van der Waals surface area contributed by atoms with Crippen molar-refractivity contribution in [1.29, 1.82) is 0 Å². The minimum atomic E-state index is -0.227. The smallest absolute Gasteiger partial charge is 0.169 e. The fourth-order valence-electron chi connectivity index (χ4n) is 0.595. The largest absolute Gasteiger partial charge is 0.303 e. The van der Waals surface area contributed by atoms with E-state index in [4.69, 9.17) is 0 Å². The predicted octanol–water partition coefficient (Wildman–Crippen LogP) is 1.44. The molecular weight excluding hydrogens is 140 g/mol. The molecule has 0 spiro atoms. The SMILES string of the molecule is C=C/C=C(\C=C)C(=O)CC=O. The van der Waals surface area contributed by atoms with Crippen molar-refractivity contribution in [3.05, 3.63) is 37.0 Å². The Morgan fingerprint density at radius 3 is 2.36 bits per heavy atom. The molecule has 0 aromatic rings. The van der Waals surface area contributed by atoms with Crippen LogP contribution in [0.5, 0.6) is 0 Å². The first kappa shape index (κ1) is 9.56. The fraction of sp³-hybridized carbons (Fsp3) is 0.111. The molecule has 0 fully saturated rings. The first-order chi connectivity index (χ1) is 5.26. The van der Waals surface area contributed by atoms with Crippen molar-refractivity contribution in [1.82, 2.24) is 0 Å². The topological polar surface area (TPSA) is 34.1 Å². The molecule has 0 saturated carbocycles. The van der Waals surface area contributed by atoms with Crippen LogP contribution in [0, 0.1) is 0 Å². The summed E-state index contributed by atoms with van der Waals surface area (Å²) in [6.07, 6.45) is 4.90. The molecule has 0 aliphatic carbocycles. The minimum absolute atomic E-state index is 0.0916. The van der Waals surface area contributed by atoms with Gasteiger partial charge in [0.1, 0.15) is 6.29 Å². The van der Waals surface area contributed by atoms with Gasteiger partial charge in [0.2, 0.25) is 0 Å². The highest BCUT2D eigenvalue weighted by Gasteiger charge is 2.02. The maximum atomic E-state index is 10.9. The molecule has 0 aromatic carbocycles. The summed E-state index contributed by atoms with van der Waals surface area (Å²) in [6.45, 7) is 6.86. The third-order valence-corrected chi connectivity index (χ3v) is 1.11. The molecule has 0 N–H and O–H groups in total. The van der Waals surface area contributed by atoms with E-state index in [9.17, 15) is 9.59 Å². The highest BCUT2D eigenvalue weighted by molar-refractivity contribution is 6.04. The predicted molar refractivity (Wildman–Crippen MR) is 44.2 cm³/mol. The van der Waals surface area contributed by atoms with E-state index in [0.29, 0.717) is 11.9 Å². The molecule has 11 heavy (non-hydrogen) atoms. The standard InChI is InChI=1S/C9H10O2/c1-3-5-8(4-2)9(11)6-7-10/h3-5,7H,1-2,6H2/b8-5+. The summed E-state index contributed by atoms with van der Waals surface area (Å²) in [7, 11) is 0. The Morgan fingerprint density at radius 2 is 2.00 bits per heavy atom. The molecular formula is C9H10O2. The first-order valence-corrected chi connectivity index (χ1v) is 3.18. The van der Waals surface area contributed by atoms with Crippen LogP contribution in [0.1, 0.15) is 6.42 Å². The van der Waals surface area contributed by atoms with Gasteiger partial charge in [-0.1, -0.05) is 31.4 Å². The van der Waals surface area contributed by atoms with Crippen LogP contribution in [-0.2, 0) is 9.59 Å². The molecule has 0 radical (unpaired) electrons. The highest BCUT2D eigenvalue weighted by atomic mass is 16.1. The van der Waals surface area contributed by atoms with Gasteiger partial charge >= 0.3 is 0 Å². The zero-order valence-corrected chi connectivity index (χ0v) is 6.25. The molecule has 0 unspecified atom stereocenters. The molecule has 0 amide bonds. The van der Waals surface area contributed by atoms with Crippen LogP contribution >= 0.6 is 0 Å². The van der Waals surface area contributed by atoms with Crippen LogP contribution in [0.25, 0.3) is 0 Å². The van der Waals surface area contributed by atoms with Gasteiger partial charge in [-0.2, -0.15) is 0 Å². The van der Waals surface area contributed by atoms with E-state index >= 15 is 0 Å². The molecule has 0 aromatic heterocycles. The Kier molecular flexibility index (Phi) is 4.65. The maximum absolute atomic E-state index is 10.9. The molecule has 2 heteroatoms. The van der Waals surface area contributed by atoms with Crippen LogP contribution in [0.3, 0.4) is 0 Å². The second-order valence-corrected chi connectivity index (χ2v) is 1.86. The summed E-state index contributed by atoms with van der Waals surface area (Å²) in [6, 6.07) is 0. The van der Waals surface area contributed by atoms with Gasteiger partial charge in [-0.25, -0.2) is 0 Å². The monoisotopic (exact) mass is 150 g/mol.